The van der Waals surface area contributed by atoms with Gasteiger partial charge in [-0.25, -0.2) is 4.79 Å². The summed E-state index contributed by atoms with van der Waals surface area (Å²) in [5.74, 6) is -1.91. The first kappa shape index (κ1) is 30.4. The number of aliphatic carboxylic acids is 1. The van der Waals surface area contributed by atoms with Crippen LogP contribution in [0.1, 0.15) is 43.0 Å². The second-order valence-electron chi connectivity index (χ2n) is 9.09. The molecule has 0 aliphatic carbocycles. The first-order chi connectivity index (χ1) is 17.5. The van der Waals surface area contributed by atoms with Crippen molar-refractivity contribution in [2.45, 2.75) is 44.8 Å². The van der Waals surface area contributed by atoms with Gasteiger partial charge in [-0.3, -0.25) is 14.5 Å². The number of hydrogen-bond donors (Lipinski definition) is 2. The Balaban J connectivity index is 0.000000604. The summed E-state index contributed by atoms with van der Waals surface area (Å²) in [6, 6.07) is 7.78. The summed E-state index contributed by atoms with van der Waals surface area (Å²) in [5, 5.41) is 10.4. The molecule has 2 fully saturated rings. The number of amides is 2. The number of benzene rings is 1. The van der Waals surface area contributed by atoms with E-state index in [2.05, 4.69) is 17.1 Å². The fraction of sp³-hybridized carbons (Fsp3) is 0.640. The molecule has 2 amide bonds. The summed E-state index contributed by atoms with van der Waals surface area (Å²) in [7, 11) is 1.62. The molecule has 1 unspecified atom stereocenters. The van der Waals surface area contributed by atoms with E-state index in [-0.39, 0.29) is 11.8 Å². The molecule has 0 spiro atoms. The van der Waals surface area contributed by atoms with Crippen molar-refractivity contribution in [1.82, 2.24) is 20.0 Å². The number of carboxylic acid groups (broad SMARTS) is 1. The number of likely N-dealkylation sites (tertiary alicyclic amines) is 1. The first-order valence-corrected chi connectivity index (χ1v) is 12.5. The molecule has 2 saturated heterocycles. The van der Waals surface area contributed by atoms with Crippen LogP contribution in [-0.4, -0.2) is 109 Å². The van der Waals surface area contributed by atoms with Crippen LogP contribution in [0.5, 0.6) is 5.75 Å². The van der Waals surface area contributed by atoms with Crippen LogP contribution in [0.25, 0.3) is 0 Å². The number of hydrogen-bond acceptors (Lipinski definition) is 6. The molecule has 1 atom stereocenters. The lowest BCUT2D eigenvalue weighted by Crippen LogP contribution is -2.48. The summed E-state index contributed by atoms with van der Waals surface area (Å²) in [5.41, 5.74) is 0.636. The number of carboxylic acids is 1. The van der Waals surface area contributed by atoms with Crippen molar-refractivity contribution in [3.05, 3.63) is 29.8 Å². The third-order valence-electron chi connectivity index (χ3n) is 6.53. The minimum absolute atomic E-state index is 0.0181. The smallest absolute Gasteiger partial charge is 0.490 e. The van der Waals surface area contributed by atoms with Gasteiger partial charge in [-0.2, -0.15) is 13.2 Å². The third kappa shape index (κ3) is 10.2. The zero-order chi connectivity index (χ0) is 27.4. The molecule has 208 valence electrons. The molecule has 2 aliphatic heterocycles. The molecule has 3 rings (SSSR count). The molecule has 12 heteroatoms. The average molecular weight is 531 g/mol. The van der Waals surface area contributed by atoms with E-state index in [1.54, 1.807) is 19.2 Å². The molecule has 2 aliphatic rings. The lowest BCUT2D eigenvalue weighted by Gasteiger charge is -2.35. The Bertz CT molecular complexity index is 876. The molecule has 1 aromatic rings. The molecule has 0 bridgehead atoms. The fourth-order valence-electron chi connectivity index (χ4n) is 4.27. The van der Waals surface area contributed by atoms with E-state index in [1.807, 2.05) is 21.9 Å². The van der Waals surface area contributed by atoms with Crippen LogP contribution in [-0.2, 0) is 9.59 Å². The highest BCUT2D eigenvalue weighted by Gasteiger charge is 2.38. The maximum atomic E-state index is 13.2. The van der Waals surface area contributed by atoms with Crippen LogP contribution < -0.4 is 10.1 Å². The van der Waals surface area contributed by atoms with Crippen molar-refractivity contribution in [2.24, 2.45) is 0 Å². The number of piperidine rings is 1. The van der Waals surface area contributed by atoms with Crippen LogP contribution in [0.4, 0.5) is 13.2 Å². The molecule has 2 heterocycles. The zero-order valence-corrected chi connectivity index (χ0v) is 21.4. The molecule has 0 saturated carbocycles. The summed E-state index contributed by atoms with van der Waals surface area (Å²) >= 11 is 0. The Morgan fingerprint density at radius 2 is 1.70 bits per heavy atom. The number of alkyl halides is 3. The van der Waals surface area contributed by atoms with Gasteiger partial charge in [0.1, 0.15) is 5.75 Å². The predicted molar refractivity (Wildman–Crippen MR) is 132 cm³/mol. The van der Waals surface area contributed by atoms with Gasteiger partial charge in [0.25, 0.3) is 5.91 Å². The minimum atomic E-state index is -5.08. The predicted octanol–water partition coefficient (Wildman–Crippen LogP) is 2.47. The third-order valence-corrected chi connectivity index (χ3v) is 6.53. The Labute approximate surface area is 215 Å². The van der Waals surface area contributed by atoms with E-state index >= 15 is 0 Å². The molecule has 37 heavy (non-hydrogen) atoms. The quantitative estimate of drug-likeness (QED) is 0.533. The van der Waals surface area contributed by atoms with Crippen LogP contribution >= 0.6 is 0 Å². The molecular formula is C25H37F3N4O5. The topological polar surface area (TPSA) is 102 Å². The van der Waals surface area contributed by atoms with Gasteiger partial charge in [0, 0.05) is 63.8 Å². The summed E-state index contributed by atoms with van der Waals surface area (Å²) in [6.45, 7) is 8.48. The summed E-state index contributed by atoms with van der Waals surface area (Å²) < 4.78 is 36.9. The largest absolute Gasteiger partial charge is 0.497 e. The molecule has 0 aromatic heterocycles. The lowest BCUT2D eigenvalue weighted by molar-refractivity contribution is -0.192. The normalized spacial score (nSPS) is 18.4. The highest BCUT2D eigenvalue weighted by Crippen LogP contribution is 2.17. The molecule has 9 nitrogen and oxygen atoms in total. The number of methoxy groups -OCH3 is 1. The number of carbonyl (C=O) groups excluding carboxylic acids is 2. The van der Waals surface area contributed by atoms with Crippen LogP contribution in [0.3, 0.4) is 0 Å². The average Bonchev–Trinajstić information content (AvgIpc) is 2.89. The van der Waals surface area contributed by atoms with Crippen LogP contribution in [0.2, 0.25) is 0 Å². The van der Waals surface area contributed by atoms with Gasteiger partial charge < -0.3 is 25.0 Å². The number of piperazine rings is 1. The van der Waals surface area contributed by atoms with Crippen LogP contribution in [0, 0.1) is 0 Å². The van der Waals surface area contributed by atoms with Gasteiger partial charge in [0.15, 0.2) is 0 Å². The standard InChI is InChI=1S/C23H36N4O3.C2HF3O2/c1-19-5-3-4-13-25(19)17-18-27(14-10-22(28)26-15-11-24-12-16-26)23(29)20-6-8-21(30-2)9-7-20;3-2(4,5)1(6)7/h6-9,19,24H,3-5,10-18H2,1-2H3;(H,6,7). The van der Waals surface area contributed by atoms with E-state index in [0.29, 0.717) is 31.1 Å². The monoisotopic (exact) mass is 530 g/mol. The van der Waals surface area contributed by atoms with Gasteiger partial charge in [0.2, 0.25) is 5.91 Å². The van der Waals surface area contributed by atoms with Crippen molar-refractivity contribution < 1.29 is 37.4 Å². The van der Waals surface area contributed by atoms with Crippen molar-refractivity contribution >= 4 is 17.8 Å². The van der Waals surface area contributed by atoms with Gasteiger partial charge in [-0.1, -0.05) is 6.42 Å². The van der Waals surface area contributed by atoms with E-state index < -0.39 is 12.1 Å². The molecule has 1 aromatic carbocycles. The van der Waals surface area contributed by atoms with Gasteiger partial charge in [-0.05, 0) is 50.6 Å². The Morgan fingerprint density at radius 1 is 1.08 bits per heavy atom. The zero-order valence-electron chi connectivity index (χ0n) is 21.4. The van der Waals surface area contributed by atoms with Gasteiger partial charge in [-0.15, -0.1) is 0 Å². The van der Waals surface area contributed by atoms with Crippen molar-refractivity contribution in [3.8, 4) is 5.75 Å². The van der Waals surface area contributed by atoms with Crippen molar-refractivity contribution in [2.75, 3.05) is 59.5 Å². The summed E-state index contributed by atoms with van der Waals surface area (Å²) in [4.78, 5) is 41.0. The second kappa shape index (κ2) is 14.8. The fourth-order valence-corrected chi connectivity index (χ4v) is 4.27. The van der Waals surface area contributed by atoms with Gasteiger partial charge >= 0.3 is 12.1 Å². The molecular weight excluding hydrogens is 493 g/mol. The van der Waals surface area contributed by atoms with Crippen molar-refractivity contribution in [3.63, 3.8) is 0 Å². The number of nitrogens with one attached hydrogen (secondary N) is 1. The second-order valence-corrected chi connectivity index (χ2v) is 9.09. The number of rotatable bonds is 8. The summed E-state index contributed by atoms with van der Waals surface area (Å²) in [6.07, 6.45) is -0.991. The maximum Gasteiger partial charge on any atom is 0.490 e. The van der Waals surface area contributed by atoms with E-state index in [9.17, 15) is 22.8 Å². The lowest BCUT2D eigenvalue weighted by atomic mass is 10.0. The number of ether oxygens (including phenoxy) is 1. The van der Waals surface area contributed by atoms with Crippen LogP contribution in [0.15, 0.2) is 24.3 Å². The minimum Gasteiger partial charge on any atom is -0.497 e. The Kier molecular flexibility index (Phi) is 12.1. The highest BCUT2D eigenvalue weighted by molar-refractivity contribution is 5.94. The van der Waals surface area contributed by atoms with Gasteiger partial charge in [0.05, 0.1) is 7.11 Å². The SMILES string of the molecule is COc1ccc(C(=O)N(CCC(=O)N2CCNCC2)CCN2CCCCC2C)cc1.O=C(O)C(F)(F)F. The van der Waals surface area contributed by atoms with E-state index in [0.717, 1.165) is 45.0 Å². The highest BCUT2D eigenvalue weighted by atomic mass is 19.4. The first-order valence-electron chi connectivity index (χ1n) is 12.5. The van der Waals surface area contributed by atoms with E-state index in [1.165, 1.54) is 19.3 Å². The Hall–Kier alpha value is -2.86. The molecule has 0 radical (unpaired) electrons. The maximum absolute atomic E-state index is 13.2. The number of carbonyl (C=O) groups is 3. The van der Waals surface area contributed by atoms with E-state index in [4.69, 9.17) is 14.6 Å². The Morgan fingerprint density at radius 3 is 2.24 bits per heavy atom. The number of halogens is 3. The number of nitrogens with zero attached hydrogens (tertiary/aromatic N) is 3. The van der Waals surface area contributed by atoms with Crippen molar-refractivity contribution in [1.29, 1.82) is 0 Å². The molecule has 2 N–H and O–H groups in total.